The van der Waals surface area contributed by atoms with E-state index in [-0.39, 0.29) is 17.3 Å². The number of carbonyl (C=O) groups excluding carboxylic acids is 3. The molecule has 0 heterocycles. The summed E-state index contributed by atoms with van der Waals surface area (Å²) in [5, 5.41) is 14.9. The first kappa shape index (κ1) is 28.9. The van der Waals surface area contributed by atoms with E-state index in [4.69, 9.17) is 15.2 Å². The average Bonchev–Trinajstić information content (AvgIpc) is 2.91. The van der Waals surface area contributed by atoms with Crippen molar-refractivity contribution in [2.75, 3.05) is 23.5 Å². The Bertz CT molecular complexity index is 1340. The number of ketones is 1. The van der Waals surface area contributed by atoms with Gasteiger partial charge in [-0.2, -0.15) is 0 Å². The van der Waals surface area contributed by atoms with Gasteiger partial charge < -0.3 is 25.6 Å². The Balaban J connectivity index is 1.69. The van der Waals surface area contributed by atoms with Crippen LogP contribution in [0.1, 0.15) is 41.8 Å². The molecule has 0 spiro atoms. The Labute approximate surface area is 225 Å². The molecule has 204 valence electrons. The van der Waals surface area contributed by atoms with Gasteiger partial charge in [-0.05, 0) is 79.9 Å². The minimum atomic E-state index is -1.05. The van der Waals surface area contributed by atoms with Crippen LogP contribution in [0, 0.1) is 5.82 Å². The second-order valence-corrected chi connectivity index (χ2v) is 8.63. The van der Waals surface area contributed by atoms with Crippen molar-refractivity contribution in [2.24, 2.45) is 0 Å². The van der Waals surface area contributed by atoms with Crippen LogP contribution in [0.5, 0.6) is 5.75 Å². The van der Waals surface area contributed by atoms with Crippen LogP contribution < -0.4 is 16.4 Å². The first-order valence-corrected chi connectivity index (χ1v) is 12.1. The predicted molar refractivity (Wildman–Crippen MR) is 146 cm³/mol. The maximum absolute atomic E-state index is 14.2. The Kier molecular flexibility index (Phi) is 10.2. The third-order valence-electron chi connectivity index (χ3n) is 5.82. The molecule has 3 aromatic rings. The van der Waals surface area contributed by atoms with Crippen LogP contribution in [-0.2, 0) is 14.3 Å². The van der Waals surface area contributed by atoms with Gasteiger partial charge in [-0.25, -0.2) is 9.18 Å². The molecule has 0 aliphatic rings. The van der Waals surface area contributed by atoms with Crippen molar-refractivity contribution in [1.82, 2.24) is 0 Å². The smallest absolute Gasteiger partial charge is 0.412 e. The number of para-hydroxylation sites is 2. The summed E-state index contributed by atoms with van der Waals surface area (Å²) in [5.74, 6) is -1.91. The number of amides is 2. The van der Waals surface area contributed by atoms with E-state index in [9.17, 15) is 23.9 Å². The van der Waals surface area contributed by atoms with Gasteiger partial charge in [0.25, 0.3) is 0 Å². The van der Waals surface area contributed by atoms with Crippen LogP contribution in [-0.4, -0.2) is 36.1 Å². The van der Waals surface area contributed by atoms with Crippen molar-refractivity contribution in [1.29, 1.82) is 0 Å². The summed E-state index contributed by atoms with van der Waals surface area (Å²) >= 11 is 0. The maximum Gasteiger partial charge on any atom is 0.412 e. The first-order valence-electron chi connectivity index (χ1n) is 12.1. The molecule has 9 nitrogen and oxygen atoms in total. The van der Waals surface area contributed by atoms with Gasteiger partial charge >= 0.3 is 6.09 Å². The third kappa shape index (κ3) is 8.41. The van der Waals surface area contributed by atoms with E-state index in [1.807, 2.05) is 0 Å². The highest BCUT2D eigenvalue weighted by molar-refractivity contribution is 6.01. The van der Waals surface area contributed by atoms with Gasteiger partial charge in [0.15, 0.2) is 23.5 Å². The van der Waals surface area contributed by atoms with Crippen LogP contribution >= 0.6 is 0 Å². The average molecular weight is 536 g/mol. The lowest BCUT2D eigenvalue weighted by atomic mass is 10.00. The number of hydrogen-bond donors (Lipinski definition) is 4. The molecule has 0 radical (unpaired) electrons. The van der Waals surface area contributed by atoms with Crippen molar-refractivity contribution in [3.63, 3.8) is 0 Å². The molecule has 0 saturated carbocycles. The van der Waals surface area contributed by atoms with Crippen molar-refractivity contribution < 1.29 is 33.4 Å². The molecule has 0 aliphatic carbocycles. The summed E-state index contributed by atoms with van der Waals surface area (Å²) in [7, 11) is 1.42. The fraction of sp³-hybridized carbons (Fsp3) is 0.207. The molecule has 39 heavy (non-hydrogen) atoms. The number of nitrogens with two attached hydrogens (primary N) is 1. The highest BCUT2D eigenvalue weighted by Gasteiger charge is 2.28. The number of anilines is 3. The molecule has 2 atom stereocenters. The molecule has 2 amide bonds. The Morgan fingerprint density at radius 2 is 1.77 bits per heavy atom. The summed E-state index contributed by atoms with van der Waals surface area (Å²) in [5.41, 5.74) is 7.91. The molecular weight excluding hydrogens is 505 g/mol. The van der Waals surface area contributed by atoms with E-state index < -0.39 is 29.9 Å². The molecule has 0 fully saturated rings. The number of aromatic hydroxyl groups is 1. The van der Waals surface area contributed by atoms with E-state index in [1.165, 1.54) is 26.2 Å². The molecule has 3 rings (SSSR count). The fourth-order valence-electron chi connectivity index (χ4n) is 3.74. The fourth-order valence-corrected chi connectivity index (χ4v) is 3.74. The number of phenols is 1. The lowest BCUT2D eigenvalue weighted by Crippen LogP contribution is -2.28. The Hall–Kier alpha value is -4.70. The number of methoxy groups -OCH3 is 1. The van der Waals surface area contributed by atoms with E-state index in [2.05, 4.69) is 10.6 Å². The van der Waals surface area contributed by atoms with Crippen LogP contribution in [0.2, 0.25) is 0 Å². The lowest BCUT2D eigenvalue weighted by molar-refractivity contribution is -0.111. The zero-order chi connectivity index (χ0) is 28.4. The van der Waals surface area contributed by atoms with Crippen LogP contribution in [0.25, 0.3) is 0 Å². The minimum absolute atomic E-state index is 0.114. The number of Topliss-reactive ketones (excluding diaryl/α,β-unsaturated/α-hetero) is 1. The van der Waals surface area contributed by atoms with Crippen LogP contribution in [0.3, 0.4) is 0 Å². The van der Waals surface area contributed by atoms with Crippen LogP contribution in [0.15, 0.2) is 78.9 Å². The zero-order valence-corrected chi connectivity index (χ0v) is 21.5. The van der Waals surface area contributed by atoms with E-state index >= 15 is 0 Å². The number of nitrogens with one attached hydrogen (secondary N) is 2. The van der Waals surface area contributed by atoms with E-state index in [0.29, 0.717) is 35.5 Å². The van der Waals surface area contributed by atoms with Gasteiger partial charge in [0, 0.05) is 18.4 Å². The highest BCUT2D eigenvalue weighted by atomic mass is 19.1. The molecule has 0 saturated heterocycles. The number of rotatable bonds is 11. The number of hydrogen-bond acceptors (Lipinski definition) is 7. The Morgan fingerprint density at radius 3 is 2.41 bits per heavy atom. The molecule has 0 bridgehead atoms. The molecule has 5 N–H and O–H groups in total. The van der Waals surface area contributed by atoms with Crippen molar-refractivity contribution in [3.8, 4) is 5.75 Å². The molecule has 0 unspecified atom stereocenters. The lowest BCUT2D eigenvalue weighted by Gasteiger charge is -2.26. The Morgan fingerprint density at radius 1 is 1.05 bits per heavy atom. The molecule has 10 heteroatoms. The third-order valence-corrected chi connectivity index (χ3v) is 5.82. The summed E-state index contributed by atoms with van der Waals surface area (Å²) < 4.78 is 25.4. The SMILES string of the molecule is CO[C@H](CC/C=C/C(=O)Nc1ccccc1N)[C@H](OC(=O)Nc1ccc(C(C)=O)cc1)c1ccc(O)c(F)c1. The quantitative estimate of drug-likeness (QED) is 0.142. The summed E-state index contributed by atoms with van der Waals surface area (Å²) in [6.07, 6.45) is 1.05. The van der Waals surface area contributed by atoms with Gasteiger partial charge in [0.2, 0.25) is 5.91 Å². The van der Waals surface area contributed by atoms with Crippen molar-refractivity contribution in [3.05, 3.63) is 95.8 Å². The van der Waals surface area contributed by atoms with Crippen LogP contribution in [0.4, 0.5) is 26.2 Å². The van der Waals surface area contributed by atoms with Gasteiger partial charge in [-0.1, -0.05) is 24.3 Å². The van der Waals surface area contributed by atoms with Gasteiger partial charge in [-0.3, -0.25) is 14.9 Å². The second-order valence-electron chi connectivity index (χ2n) is 8.63. The van der Waals surface area contributed by atoms with Gasteiger partial charge in [0.05, 0.1) is 17.5 Å². The highest BCUT2D eigenvalue weighted by Crippen LogP contribution is 2.30. The number of ether oxygens (including phenoxy) is 2. The maximum atomic E-state index is 14.2. The largest absolute Gasteiger partial charge is 0.505 e. The number of benzene rings is 3. The van der Waals surface area contributed by atoms with Crippen molar-refractivity contribution >= 4 is 34.8 Å². The summed E-state index contributed by atoms with van der Waals surface area (Å²) in [6.45, 7) is 1.43. The number of nitrogen functional groups attached to an aromatic ring is 1. The minimum Gasteiger partial charge on any atom is -0.505 e. The zero-order valence-electron chi connectivity index (χ0n) is 21.5. The van der Waals surface area contributed by atoms with E-state index in [0.717, 1.165) is 12.1 Å². The van der Waals surface area contributed by atoms with E-state index in [1.54, 1.807) is 54.6 Å². The topological polar surface area (TPSA) is 140 Å². The first-order chi connectivity index (χ1) is 18.7. The second kappa shape index (κ2) is 13.7. The molecular formula is C29H30FN3O6. The van der Waals surface area contributed by atoms with Crippen molar-refractivity contribution in [2.45, 2.75) is 32.0 Å². The monoisotopic (exact) mass is 535 g/mol. The van der Waals surface area contributed by atoms with Gasteiger partial charge in [-0.15, -0.1) is 0 Å². The standard InChI is InChI=1S/C29H30FN3O6/c1-18(34)19-11-14-21(15-12-19)32-29(37)39-28(20-13-16-25(35)22(30)17-20)26(38-2)9-5-6-10-27(36)33-24-8-4-3-7-23(24)31/h3-4,6-8,10-17,26,28,35H,5,9,31H2,1-2H3,(H,32,37)(H,33,36)/b10-6+/t26-,28-/m1/s1. The number of halogens is 1. The molecule has 0 aliphatic heterocycles. The predicted octanol–water partition coefficient (Wildman–Crippen LogP) is 5.60. The normalized spacial score (nSPS) is 12.5. The van der Waals surface area contributed by atoms with Gasteiger partial charge in [0.1, 0.15) is 0 Å². The molecule has 0 aromatic heterocycles. The summed E-state index contributed by atoms with van der Waals surface area (Å²) in [6, 6.07) is 16.8. The number of allylic oxidation sites excluding steroid dienone is 1. The molecule has 3 aromatic carbocycles. The number of carbonyl (C=O) groups is 3. The number of phenolic OH excluding ortho intramolecular Hbond substituents is 1. The summed E-state index contributed by atoms with van der Waals surface area (Å²) in [4.78, 5) is 36.4.